The molecule has 0 saturated carbocycles. The number of alkyl halides is 6. The van der Waals surface area contributed by atoms with E-state index in [4.69, 9.17) is 4.74 Å². The summed E-state index contributed by atoms with van der Waals surface area (Å²) in [4.78, 5) is 16.3. The number of ether oxygens (including phenoxy) is 1. The minimum absolute atomic E-state index is 0.0947. The molecule has 18 heteroatoms. The molecule has 11 nitrogen and oxygen atoms in total. The van der Waals surface area contributed by atoms with Crippen molar-refractivity contribution in [3.8, 4) is 17.0 Å². The molecule has 2 aromatic carbocycles. The third-order valence-corrected chi connectivity index (χ3v) is 7.55. The normalized spacial score (nSPS) is 12.9. The molecule has 0 saturated heterocycles. The van der Waals surface area contributed by atoms with Gasteiger partial charge in [-0.15, -0.1) is 0 Å². The number of hydrogen-bond donors (Lipinski definition) is 4. The molecule has 0 fully saturated rings. The van der Waals surface area contributed by atoms with Crippen LogP contribution in [0.3, 0.4) is 0 Å². The second-order valence-corrected chi connectivity index (χ2v) is 11.1. The van der Waals surface area contributed by atoms with Gasteiger partial charge >= 0.3 is 18.4 Å². The van der Waals surface area contributed by atoms with Crippen LogP contribution in [0.5, 0.6) is 5.75 Å². The van der Waals surface area contributed by atoms with E-state index in [2.05, 4.69) is 20.1 Å². The van der Waals surface area contributed by atoms with Crippen molar-refractivity contribution >= 4 is 27.5 Å². The maximum Gasteiger partial charge on any atom is 0.433 e. The number of rotatable bonds is 8. The standard InChI is InChI=1S/C25H21F6N5O6S/c1-23(12-37,13-38)35-43(40,41)17-4-2-3-16(9-17)33-22(39)42-19-11-32-36-20(25(29,30)31)10-18(34-21(19)36)14-5-7-15(8-6-14)24(26,27)28/h2-11,35,37-38H,12-13H2,1H3,(H,33,39). The molecule has 0 atom stereocenters. The third-order valence-electron chi connectivity index (χ3n) is 5.91. The average molecular weight is 634 g/mol. The molecule has 0 unspecified atom stereocenters. The lowest BCUT2D eigenvalue weighted by Crippen LogP contribution is -2.51. The summed E-state index contributed by atoms with van der Waals surface area (Å²) in [5.41, 5.74) is -5.16. The van der Waals surface area contributed by atoms with Crippen molar-refractivity contribution in [2.24, 2.45) is 0 Å². The summed E-state index contributed by atoms with van der Waals surface area (Å²) in [6.07, 6.45) is -10.2. The van der Waals surface area contributed by atoms with E-state index in [9.17, 15) is 49.8 Å². The first-order valence-electron chi connectivity index (χ1n) is 11.9. The second-order valence-electron chi connectivity index (χ2n) is 9.37. The lowest BCUT2D eigenvalue weighted by molar-refractivity contribution is -0.142. The van der Waals surface area contributed by atoms with E-state index >= 15 is 0 Å². The van der Waals surface area contributed by atoms with Gasteiger partial charge in [0.05, 0.1) is 41.1 Å². The predicted octanol–water partition coefficient (Wildman–Crippen LogP) is 4.07. The second kappa shape index (κ2) is 11.4. The minimum atomic E-state index is -4.99. The van der Waals surface area contributed by atoms with Crippen LogP contribution in [-0.4, -0.2) is 58.1 Å². The van der Waals surface area contributed by atoms with E-state index in [0.717, 1.165) is 30.5 Å². The molecule has 230 valence electrons. The number of amides is 1. The molecule has 2 heterocycles. The Bertz CT molecular complexity index is 1750. The highest BCUT2D eigenvalue weighted by Gasteiger charge is 2.36. The van der Waals surface area contributed by atoms with E-state index in [-0.39, 0.29) is 21.8 Å². The molecule has 4 aromatic rings. The zero-order chi connectivity index (χ0) is 31.8. The average Bonchev–Trinajstić information content (AvgIpc) is 3.33. The van der Waals surface area contributed by atoms with Gasteiger partial charge < -0.3 is 14.9 Å². The monoisotopic (exact) mass is 633 g/mol. The molecule has 0 bridgehead atoms. The number of nitrogens with one attached hydrogen (secondary N) is 2. The fourth-order valence-electron chi connectivity index (χ4n) is 3.68. The summed E-state index contributed by atoms with van der Waals surface area (Å²) in [6, 6.07) is 8.49. The van der Waals surface area contributed by atoms with Crippen molar-refractivity contribution in [1.82, 2.24) is 19.3 Å². The van der Waals surface area contributed by atoms with Crippen LogP contribution in [0.25, 0.3) is 16.9 Å². The lowest BCUT2D eigenvalue weighted by Gasteiger charge is -2.25. The number of sulfonamides is 1. The van der Waals surface area contributed by atoms with Crippen molar-refractivity contribution in [2.45, 2.75) is 29.7 Å². The molecular weight excluding hydrogens is 612 g/mol. The molecule has 4 rings (SSSR count). The van der Waals surface area contributed by atoms with E-state index in [0.29, 0.717) is 22.7 Å². The maximum absolute atomic E-state index is 13.8. The van der Waals surface area contributed by atoms with Gasteiger partial charge in [0.15, 0.2) is 17.1 Å². The number of hydrogen-bond acceptors (Lipinski definition) is 8. The minimum Gasteiger partial charge on any atom is -0.404 e. The van der Waals surface area contributed by atoms with Crippen molar-refractivity contribution in [1.29, 1.82) is 0 Å². The largest absolute Gasteiger partial charge is 0.433 e. The molecule has 0 aliphatic carbocycles. The Labute approximate surface area is 238 Å². The number of aliphatic hydroxyl groups is 2. The Hall–Kier alpha value is -4.26. The van der Waals surface area contributed by atoms with Gasteiger partial charge in [-0.2, -0.15) is 31.4 Å². The van der Waals surface area contributed by atoms with Gasteiger partial charge in [0.2, 0.25) is 10.0 Å². The summed E-state index contributed by atoms with van der Waals surface area (Å²) in [7, 11) is -4.29. The van der Waals surface area contributed by atoms with Crippen LogP contribution in [0.4, 0.5) is 36.8 Å². The topological polar surface area (TPSA) is 155 Å². The number of carbonyl (C=O) groups is 1. The van der Waals surface area contributed by atoms with Gasteiger partial charge in [-0.1, -0.05) is 18.2 Å². The highest BCUT2D eigenvalue weighted by molar-refractivity contribution is 7.89. The number of benzene rings is 2. The molecule has 4 N–H and O–H groups in total. The zero-order valence-corrected chi connectivity index (χ0v) is 22.5. The number of halogens is 6. The summed E-state index contributed by atoms with van der Waals surface area (Å²) in [5, 5.41) is 24.5. The van der Waals surface area contributed by atoms with Crippen LogP contribution in [0, 0.1) is 0 Å². The number of aliphatic hydroxyl groups excluding tert-OH is 2. The van der Waals surface area contributed by atoms with Crippen LogP contribution in [-0.2, 0) is 22.4 Å². The van der Waals surface area contributed by atoms with Crippen molar-refractivity contribution < 1.29 is 54.5 Å². The summed E-state index contributed by atoms with van der Waals surface area (Å²) < 4.78 is 113. The predicted molar refractivity (Wildman–Crippen MR) is 137 cm³/mol. The van der Waals surface area contributed by atoms with Gasteiger partial charge in [-0.05, 0) is 43.3 Å². The summed E-state index contributed by atoms with van der Waals surface area (Å²) in [5.74, 6) is -0.552. The molecule has 43 heavy (non-hydrogen) atoms. The molecule has 2 aromatic heterocycles. The molecule has 0 aliphatic rings. The van der Waals surface area contributed by atoms with Crippen LogP contribution >= 0.6 is 0 Å². The van der Waals surface area contributed by atoms with Crippen LogP contribution in [0.1, 0.15) is 18.2 Å². The van der Waals surface area contributed by atoms with Crippen molar-refractivity contribution in [3.05, 3.63) is 72.1 Å². The van der Waals surface area contributed by atoms with Gasteiger partial charge in [-0.3, -0.25) is 5.32 Å². The van der Waals surface area contributed by atoms with Crippen LogP contribution in [0.2, 0.25) is 0 Å². The number of carbonyl (C=O) groups excluding carboxylic acids is 1. The Morgan fingerprint density at radius 2 is 1.63 bits per heavy atom. The Morgan fingerprint density at radius 1 is 0.977 bits per heavy atom. The highest BCUT2D eigenvalue weighted by Crippen LogP contribution is 2.35. The van der Waals surface area contributed by atoms with Gasteiger partial charge in [0.25, 0.3) is 0 Å². The van der Waals surface area contributed by atoms with Crippen LogP contribution in [0.15, 0.2) is 65.7 Å². The van der Waals surface area contributed by atoms with Gasteiger partial charge in [0, 0.05) is 11.3 Å². The Morgan fingerprint density at radius 3 is 2.21 bits per heavy atom. The summed E-state index contributed by atoms with van der Waals surface area (Å²) in [6.45, 7) is -0.198. The molecule has 1 amide bonds. The summed E-state index contributed by atoms with van der Waals surface area (Å²) >= 11 is 0. The smallest absolute Gasteiger partial charge is 0.404 e. The SMILES string of the molecule is CC(CO)(CO)NS(=O)(=O)c1cccc(NC(=O)Oc2cnn3c(C(F)(F)F)cc(-c4ccc(C(F)(F)F)cc4)nc23)c1. The van der Waals surface area contributed by atoms with E-state index < -0.39 is 69.9 Å². The maximum atomic E-state index is 13.8. The van der Waals surface area contributed by atoms with E-state index in [1.54, 1.807) is 0 Å². The van der Waals surface area contributed by atoms with Crippen molar-refractivity contribution in [3.63, 3.8) is 0 Å². The molecule has 0 spiro atoms. The van der Waals surface area contributed by atoms with E-state index in [1.807, 2.05) is 0 Å². The quantitative estimate of drug-likeness (QED) is 0.212. The fourth-order valence-corrected chi connectivity index (χ4v) is 5.11. The Balaban J connectivity index is 1.63. The molecular formula is C25H21F6N5O6S. The first-order chi connectivity index (χ1) is 20.0. The molecule has 0 radical (unpaired) electrons. The molecule has 0 aliphatic heterocycles. The third kappa shape index (κ3) is 7.04. The number of aromatic nitrogens is 3. The van der Waals surface area contributed by atoms with Crippen LogP contribution < -0.4 is 14.8 Å². The van der Waals surface area contributed by atoms with Gasteiger partial charge in [-0.25, -0.2) is 27.4 Å². The fraction of sp³-hybridized carbons (Fsp3) is 0.240. The highest BCUT2D eigenvalue weighted by atomic mass is 32.2. The van der Waals surface area contributed by atoms with E-state index in [1.165, 1.54) is 19.1 Å². The number of anilines is 1. The first kappa shape index (κ1) is 31.7. The lowest BCUT2D eigenvalue weighted by atomic mass is 10.1. The first-order valence-corrected chi connectivity index (χ1v) is 13.4. The zero-order valence-electron chi connectivity index (χ0n) is 21.7. The van der Waals surface area contributed by atoms with Gasteiger partial charge in [0.1, 0.15) is 0 Å². The number of nitrogens with zero attached hydrogens (tertiary/aromatic N) is 3. The number of fused-ring (bicyclic) bond motifs is 1. The van der Waals surface area contributed by atoms with Crippen molar-refractivity contribution in [2.75, 3.05) is 18.5 Å². The Kier molecular flexibility index (Phi) is 8.42.